The van der Waals surface area contributed by atoms with Gasteiger partial charge in [0.05, 0.1) is 56.9 Å². The first-order valence-electron chi connectivity index (χ1n) is 15.7. The van der Waals surface area contributed by atoms with Crippen LogP contribution in [-0.2, 0) is 34.1 Å². The zero-order chi connectivity index (χ0) is 31.5. The molecule has 9 aliphatic rings. The van der Waals surface area contributed by atoms with E-state index in [4.69, 9.17) is 24.4 Å². The van der Waals surface area contributed by atoms with Crippen LogP contribution >= 0.6 is 0 Å². The first-order chi connectivity index (χ1) is 21.6. The summed E-state index contributed by atoms with van der Waals surface area (Å²) < 4.78 is 17.6. The molecule has 3 saturated heterocycles. The number of hydrogen-bond donors (Lipinski definition) is 2. The van der Waals surface area contributed by atoms with Gasteiger partial charge in [0.25, 0.3) is 0 Å². The number of carboxylic acids is 2. The number of carbonyl (C=O) groups is 5. The molecule has 10 rings (SSSR count). The van der Waals surface area contributed by atoms with E-state index in [2.05, 4.69) is 21.9 Å². The largest absolute Gasteiger partial charge is 0.493 e. The second-order valence-corrected chi connectivity index (χ2v) is 13.8. The van der Waals surface area contributed by atoms with E-state index in [1.807, 2.05) is 6.07 Å². The van der Waals surface area contributed by atoms with Gasteiger partial charge in [0.15, 0.2) is 11.5 Å². The molecule has 4 saturated carbocycles. The Balaban J connectivity index is 0.000000160. The van der Waals surface area contributed by atoms with Crippen molar-refractivity contribution in [2.45, 2.75) is 55.7 Å². The molecule has 1 amide bonds. The minimum Gasteiger partial charge on any atom is -0.493 e. The average Bonchev–Trinajstić information content (AvgIpc) is 3.48. The highest BCUT2D eigenvalue weighted by atomic mass is 16.5. The third-order valence-electron chi connectivity index (χ3n) is 12.3. The predicted octanol–water partition coefficient (Wildman–Crippen LogP) is 1.68. The highest BCUT2D eigenvalue weighted by Crippen LogP contribution is 2.66. The second kappa shape index (κ2) is 9.86. The molecular weight excluding hydrogens is 584 g/mol. The zero-order valence-corrected chi connectivity index (χ0v) is 25.1. The maximum atomic E-state index is 13.5. The number of benzene rings is 1. The topological polar surface area (TPSA) is 160 Å². The molecule has 2 N–H and O–H groups in total. The quantitative estimate of drug-likeness (QED) is 0.472. The monoisotopic (exact) mass is 620 g/mol. The summed E-state index contributed by atoms with van der Waals surface area (Å²) in [6.45, 7) is 2.80. The van der Waals surface area contributed by atoms with E-state index >= 15 is 0 Å². The number of piperidine rings is 2. The molecule has 5 heterocycles. The molecule has 12 nitrogen and oxygen atoms in total. The fourth-order valence-electron chi connectivity index (χ4n) is 10.6. The number of rotatable bonds is 4. The molecule has 5 aliphatic heterocycles. The molecule has 0 aromatic heterocycles. The van der Waals surface area contributed by atoms with Gasteiger partial charge in [0, 0.05) is 54.7 Å². The molecule has 4 bridgehead atoms. The van der Waals surface area contributed by atoms with Crippen LogP contribution in [0.3, 0.4) is 0 Å². The van der Waals surface area contributed by atoms with E-state index in [0.29, 0.717) is 36.7 Å². The molecule has 10 atom stereocenters. The summed E-state index contributed by atoms with van der Waals surface area (Å²) in [4.78, 5) is 63.2. The van der Waals surface area contributed by atoms with Gasteiger partial charge in [-0.25, -0.2) is 0 Å². The third kappa shape index (κ3) is 3.69. The van der Waals surface area contributed by atoms with Crippen LogP contribution in [0, 0.1) is 35.5 Å². The Bertz CT molecular complexity index is 1550. The number of amides is 1. The lowest BCUT2D eigenvalue weighted by molar-refractivity contribution is -0.172. The van der Waals surface area contributed by atoms with Gasteiger partial charge in [-0.05, 0) is 36.9 Å². The Labute approximate surface area is 259 Å². The number of ketones is 2. The Hall–Kier alpha value is -3.77. The lowest BCUT2D eigenvalue weighted by Crippen LogP contribution is -2.69. The number of nitrogens with zero attached hydrogens (tertiary/aromatic N) is 2. The van der Waals surface area contributed by atoms with Crippen LogP contribution in [0.15, 0.2) is 23.8 Å². The van der Waals surface area contributed by atoms with E-state index in [0.717, 1.165) is 30.9 Å². The van der Waals surface area contributed by atoms with Crippen LogP contribution in [0.4, 0.5) is 5.69 Å². The summed E-state index contributed by atoms with van der Waals surface area (Å²) in [6.07, 6.45) is 4.87. The lowest BCUT2D eigenvalue weighted by Gasteiger charge is -2.58. The van der Waals surface area contributed by atoms with E-state index in [-0.39, 0.29) is 47.9 Å². The van der Waals surface area contributed by atoms with Crippen molar-refractivity contribution in [3.63, 3.8) is 0 Å². The number of fused-ring (bicyclic) bond motifs is 5. The third-order valence-corrected chi connectivity index (χ3v) is 12.3. The number of Topliss-reactive ketones (excluding diaryl/α,β-unsaturated/α-hetero) is 2. The maximum absolute atomic E-state index is 13.5. The van der Waals surface area contributed by atoms with Crippen molar-refractivity contribution < 1.29 is 48.4 Å². The summed E-state index contributed by atoms with van der Waals surface area (Å²) >= 11 is 0. The summed E-state index contributed by atoms with van der Waals surface area (Å²) in [5.74, 6) is -5.02. The fourth-order valence-corrected chi connectivity index (χ4v) is 10.6. The van der Waals surface area contributed by atoms with Crippen molar-refractivity contribution in [1.82, 2.24) is 4.90 Å². The van der Waals surface area contributed by atoms with Crippen molar-refractivity contribution in [2.75, 3.05) is 38.8 Å². The van der Waals surface area contributed by atoms with Crippen molar-refractivity contribution >= 4 is 35.1 Å². The number of hydrogen-bond acceptors (Lipinski definition) is 9. The highest BCUT2D eigenvalue weighted by molar-refractivity contribution is 6.04. The summed E-state index contributed by atoms with van der Waals surface area (Å²) in [7, 11) is 3.36. The normalized spacial score (nSPS) is 39.8. The summed E-state index contributed by atoms with van der Waals surface area (Å²) in [6, 6.07) is 4.87. The van der Waals surface area contributed by atoms with E-state index in [9.17, 15) is 24.0 Å². The summed E-state index contributed by atoms with van der Waals surface area (Å²) in [5.41, 5.74) is 3.85. The van der Waals surface area contributed by atoms with Crippen molar-refractivity contribution in [3.05, 3.63) is 29.3 Å². The number of ether oxygens (including phenoxy) is 3. The number of carboxylic acid groups (broad SMARTS) is 2. The van der Waals surface area contributed by atoms with Crippen LogP contribution in [-0.4, -0.2) is 96.6 Å². The molecule has 45 heavy (non-hydrogen) atoms. The van der Waals surface area contributed by atoms with Gasteiger partial charge in [-0.2, -0.15) is 0 Å². The van der Waals surface area contributed by atoms with Gasteiger partial charge in [-0.15, -0.1) is 0 Å². The van der Waals surface area contributed by atoms with Crippen LogP contribution in [0.2, 0.25) is 0 Å². The van der Waals surface area contributed by atoms with E-state index in [1.165, 1.54) is 12.0 Å². The molecule has 1 spiro atoms. The molecule has 1 aromatic carbocycles. The lowest BCUT2D eigenvalue weighted by atomic mass is 9.53. The molecule has 238 valence electrons. The van der Waals surface area contributed by atoms with Crippen molar-refractivity contribution in [1.29, 1.82) is 0 Å². The standard InChI is InChI=1S/C23H26N2O4.C10H10O6/c1-27-16-8-14-15(9-17(16)28-2)25-20(26)10-18-21-13-7-19-23(14,22(21)25)4-5-24(19)11-12(13)3-6-29-18;11-5-1-3-6(12)2-4(5)8(10(15)16)7(3)9(13)14/h3,8-9,13,18-19,21-22H,4-7,10-11H2,1-2H3;3-4,7-8H,1-2H2,(H,13,14)(H,15,16)/t13-,18-,19-,21-,22-,23+;/m0./s1. The Morgan fingerprint density at radius 1 is 0.933 bits per heavy atom. The van der Waals surface area contributed by atoms with Crippen LogP contribution < -0.4 is 14.4 Å². The SMILES string of the molecule is COc1cc2c(cc1OC)[C@@]13CCN4CC5=CCO[C@H]6CC(=O)N2[C@H]1[C@H]6[C@H]5C[C@H]43.O=C1CC2C(=O)CC1C(C(=O)O)C2C(=O)O. The average molecular weight is 621 g/mol. The van der Waals surface area contributed by atoms with Crippen molar-refractivity contribution in [2.24, 2.45) is 35.5 Å². The first-order valence-corrected chi connectivity index (χ1v) is 15.7. The van der Waals surface area contributed by atoms with Crippen LogP contribution in [0.25, 0.3) is 0 Å². The van der Waals surface area contributed by atoms with Crippen LogP contribution in [0.5, 0.6) is 11.5 Å². The second-order valence-electron chi connectivity index (χ2n) is 13.8. The summed E-state index contributed by atoms with van der Waals surface area (Å²) in [5, 5.41) is 17.9. The van der Waals surface area contributed by atoms with E-state index in [1.54, 1.807) is 19.8 Å². The molecule has 12 heteroatoms. The van der Waals surface area contributed by atoms with Gasteiger partial charge in [0.1, 0.15) is 11.6 Å². The maximum Gasteiger partial charge on any atom is 0.308 e. The van der Waals surface area contributed by atoms with Gasteiger partial charge < -0.3 is 29.3 Å². The minimum absolute atomic E-state index is 0.0242. The Morgan fingerprint density at radius 2 is 1.58 bits per heavy atom. The van der Waals surface area contributed by atoms with Gasteiger partial charge >= 0.3 is 11.9 Å². The minimum atomic E-state index is -1.30. The molecule has 0 radical (unpaired) electrons. The van der Waals surface area contributed by atoms with Crippen LogP contribution in [0.1, 0.15) is 37.7 Å². The van der Waals surface area contributed by atoms with Gasteiger partial charge in [-0.1, -0.05) is 11.6 Å². The molecule has 1 aromatic rings. The molecule has 4 unspecified atom stereocenters. The zero-order valence-electron chi connectivity index (χ0n) is 25.1. The molecule has 7 fully saturated rings. The predicted molar refractivity (Wildman–Crippen MR) is 155 cm³/mol. The first kappa shape index (κ1) is 28.7. The highest BCUT2D eigenvalue weighted by Gasteiger charge is 2.71. The molecular formula is C33H36N2O10. The fraction of sp³-hybridized carbons (Fsp3) is 0.606. The number of methoxy groups -OCH3 is 2. The molecule has 4 aliphatic carbocycles. The van der Waals surface area contributed by atoms with Gasteiger partial charge in [0.2, 0.25) is 5.91 Å². The number of carbonyl (C=O) groups excluding carboxylic acids is 3. The van der Waals surface area contributed by atoms with Crippen molar-refractivity contribution in [3.8, 4) is 11.5 Å². The van der Waals surface area contributed by atoms with E-state index < -0.39 is 35.6 Å². The Morgan fingerprint density at radius 3 is 2.20 bits per heavy atom. The van der Waals surface area contributed by atoms with Gasteiger partial charge in [-0.3, -0.25) is 28.9 Å². The number of anilines is 1. The number of aliphatic carboxylic acids is 2. The Kier molecular flexibility index (Phi) is 6.29. The smallest absolute Gasteiger partial charge is 0.308 e.